The van der Waals surface area contributed by atoms with E-state index >= 15 is 0 Å². The normalized spacial score (nSPS) is 14.9. The van der Waals surface area contributed by atoms with Gasteiger partial charge in [0.25, 0.3) is 0 Å². The van der Waals surface area contributed by atoms with Gasteiger partial charge in [0, 0.05) is 5.56 Å². The number of hydrogen-bond acceptors (Lipinski definition) is 9. The molecule has 0 unspecified atom stereocenters. The van der Waals surface area contributed by atoms with Crippen LogP contribution < -0.4 is 15.2 Å². The second-order valence-electron chi connectivity index (χ2n) is 5.45. The summed E-state index contributed by atoms with van der Waals surface area (Å²) in [7, 11) is 0. The van der Waals surface area contributed by atoms with Crippen molar-refractivity contribution in [3.63, 3.8) is 0 Å². The molecule has 0 bridgehead atoms. The molecule has 2 aromatic rings. The molecule has 1 aliphatic heterocycles. The summed E-state index contributed by atoms with van der Waals surface area (Å²) in [5.41, 5.74) is 6.12. The average Bonchev–Trinajstić information content (AvgIpc) is 3.01. The highest BCUT2D eigenvalue weighted by Gasteiger charge is 2.30. The van der Waals surface area contributed by atoms with Gasteiger partial charge in [0.05, 0.1) is 12.2 Å². The molecular weight excluding hydrogens is 372 g/mol. The van der Waals surface area contributed by atoms with Crippen molar-refractivity contribution in [2.75, 3.05) is 18.9 Å². The van der Waals surface area contributed by atoms with Gasteiger partial charge in [-0.3, -0.25) is 0 Å². The van der Waals surface area contributed by atoms with E-state index in [1.165, 1.54) is 0 Å². The number of nitrogens with two attached hydrogens (primary N) is 1. The van der Waals surface area contributed by atoms with E-state index in [-0.39, 0.29) is 40.8 Å². The molecule has 9 heteroatoms. The summed E-state index contributed by atoms with van der Waals surface area (Å²) in [4.78, 5) is 24.6. The van der Waals surface area contributed by atoms with E-state index in [9.17, 15) is 14.9 Å². The lowest BCUT2D eigenvalue weighted by atomic mass is 10.1. The molecule has 0 amide bonds. The van der Waals surface area contributed by atoms with Crippen LogP contribution >= 0.6 is 11.3 Å². The van der Waals surface area contributed by atoms with Crippen LogP contribution in [0.3, 0.4) is 0 Å². The lowest BCUT2D eigenvalue weighted by Gasteiger charge is -2.24. The maximum Gasteiger partial charge on any atom is 0.351 e. The van der Waals surface area contributed by atoms with E-state index in [1.807, 2.05) is 6.07 Å². The van der Waals surface area contributed by atoms with Crippen molar-refractivity contribution in [1.82, 2.24) is 0 Å². The van der Waals surface area contributed by atoms with Gasteiger partial charge in [0.15, 0.2) is 11.5 Å². The Kier molecular flexibility index (Phi) is 5.47. The Morgan fingerprint density at radius 2 is 2.07 bits per heavy atom. The molecule has 3 rings (SSSR count). The zero-order valence-corrected chi connectivity index (χ0v) is 15.2. The van der Waals surface area contributed by atoms with Gasteiger partial charge >= 0.3 is 11.9 Å². The van der Waals surface area contributed by atoms with Crippen molar-refractivity contribution in [2.24, 2.45) is 0 Å². The predicted octanol–water partition coefficient (Wildman–Crippen LogP) is 2.26. The molecule has 1 aromatic carbocycles. The van der Waals surface area contributed by atoms with Crippen molar-refractivity contribution in [3.8, 4) is 17.6 Å². The molecule has 8 nitrogen and oxygen atoms in total. The molecule has 1 atom stereocenters. The highest BCUT2D eigenvalue weighted by Crippen LogP contribution is 2.33. The van der Waals surface area contributed by atoms with Gasteiger partial charge in [0.2, 0.25) is 6.10 Å². The summed E-state index contributed by atoms with van der Waals surface area (Å²) < 4.78 is 21.3. The minimum Gasteiger partial charge on any atom is -0.485 e. The van der Waals surface area contributed by atoms with E-state index in [2.05, 4.69) is 0 Å². The van der Waals surface area contributed by atoms with Crippen LogP contribution in [0.2, 0.25) is 0 Å². The smallest absolute Gasteiger partial charge is 0.351 e. The van der Waals surface area contributed by atoms with E-state index < -0.39 is 18.0 Å². The van der Waals surface area contributed by atoms with Crippen LogP contribution in [0.5, 0.6) is 11.5 Å². The average molecular weight is 388 g/mol. The van der Waals surface area contributed by atoms with Gasteiger partial charge in [-0.2, -0.15) is 5.26 Å². The van der Waals surface area contributed by atoms with Crippen LogP contribution in [0.1, 0.15) is 27.7 Å². The summed E-state index contributed by atoms with van der Waals surface area (Å²) in [5.74, 6) is -0.306. The topological polar surface area (TPSA) is 121 Å². The lowest BCUT2D eigenvalue weighted by Crippen LogP contribution is -2.37. The number of anilines is 1. The SMILES string of the molecule is CCOC(=O)c1sc(N)c(C#N)c1COC(=O)[C@H]1COc2ccccc2O1. The molecular formula is C18H16N2O6S. The zero-order chi connectivity index (χ0) is 19.4. The van der Waals surface area contributed by atoms with Gasteiger partial charge in [-0.05, 0) is 19.1 Å². The molecule has 0 saturated carbocycles. The quantitative estimate of drug-likeness (QED) is 0.774. The first-order chi connectivity index (χ1) is 13.0. The third-order valence-corrected chi connectivity index (χ3v) is 4.78. The number of esters is 2. The number of benzene rings is 1. The maximum absolute atomic E-state index is 12.3. The van der Waals surface area contributed by atoms with E-state index in [4.69, 9.17) is 24.7 Å². The molecule has 0 spiro atoms. The number of ether oxygens (including phenoxy) is 4. The minimum absolute atomic E-state index is 0.00252. The van der Waals surface area contributed by atoms with E-state index in [1.54, 1.807) is 31.2 Å². The van der Waals surface area contributed by atoms with Crippen LogP contribution in [0.15, 0.2) is 24.3 Å². The summed E-state index contributed by atoms with van der Waals surface area (Å²) in [6.07, 6.45) is -0.951. The monoisotopic (exact) mass is 388 g/mol. The van der Waals surface area contributed by atoms with Gasteiger partial charge < -0.3 is 24.7 Å². The second kappa shape index (κ2) is 7.97. The molecule has 1 aromatic heterocycles. The molecule has 0 aliphatic carbocycles. The Labute approximate surface area is 159 Å². The van der Waals surface area contributed by atoms with Gasteiger partial charge in [-0.15, -0.1) is 11.3 Å². The fraction of sp³-hybridized carbons (Fsp3) is 0.278. The van der Waals surface area contributed by atoms with Crippen molar-refractivity contribution < 1.29 is 28.5 Å². The molecule has 1 aliphatic rings. The maximum atomic E-state index is 12.3. The largest absolute Gasteiger partial charge is 0.485 e. The number of carbonyl (C=O) groups excluding carboxylic acids is 2. The van der Waals surface area contributed by atoms with Crippen LogP contribution in [0, 0.1) is 11.3 Å². The van der Waals surface area contributed by atoms with Crippen LogP contribution in [0.4, 0.5) is 5.00 Å². The first kappa shape index (κ1) is 18.5. The molecule has 0 saturated heterocycles. The standard InChI is InChI=1S/C18H16N2O6S/c1-2-23-18(22)15-11(10(7-19)16(20)27-15)8-25-17(21)14-9-24-12-5-3-4-6-13(12)26-14/h3-6,14H,2,8-9,20H2,1H3/t14-/m1/s1. The molecule has 0 fully saturated rings. The number of fused-ring (bicyclic) bond motifs is 1. The summed E-state index contributed by atoms with van der Waals surface area (Å²) in [6, 6.07) is 8.89. The molecule has 2 heterocycles. The van der Waals surface area contributed by atoms with Crippen molar-refractivity contribution in [2.45, 2.75) is 19.6 Å². The number of thiophene rings is 1. The number of nitrogen functional groups attached to an aromatic ring is 1. The fourth-order valence-corrected chi connectivity index (χ4v) is 3.40. The summed E-state index contributed by atoms with van der Waals surface area (Å²) in [6.45, 7) is 1.53. The highest BCUT2D eigenvalue weighted by molar-refractivity contribution is 7.18. The van der Waals surface area contributed by atoms with Crippen LogP contribution in [-0.4, -0.2) is 31.3 Å². The van der Waals surface area contributed by atoms with Crippen molar-refractivity contribution in [3.05, 3.63) is 40.3 Å². The predicted molar refractivity (Wildman–Crippen MR) is 95.6 cm³/mol. The first-order valence-electron chi connectivity index (χ1n) is 8.08. The van der Waals surface area contributed by atoms with Gasteiger partial charge in [0.1, 0.15) is 29.2 Å². The highest BCUT2D eigenvalue weighted by atomic mass is 32.1. The molecule has 0 radical (unpaired) electrons. The third-order valence-electron chi connectivity index (χ3n) is 3.74. The second-order valence-corrected chi connectivity index (χ2v) is 6.51. The van der Waals surface area contributed by atoms with E-state index in [0.29, 0.717) is 11.5 Å². The lowest BCUT2D eigenvalue weighted by molar-refractivity contribution is -0.155. The number of para-hydroxylation sites is 2. The van der Waals surface area contributed by atoms with Crippen LogP contribution in [-0.2, 0) is 20.9 Å². The Balaban J connectivity index is 1.72. The third kappa shape index (κ3) is 3.80. The number of nitrogens with zero attached hydrogens (tertiary/aromatic N) is 1. The van der Waals surface area contributed by atoms with Crippen molar-refractivity contribution in [1.29, 1.82) is 5.26 Å². The summed E-state index contributed by atoms with van der Waals surface area (Å²) >= 11 is 0.925. The zero-order valence-electron chi connectivity index (χ0n) is 14.4. The first-order valence-corrected chi connectivity index (χ1v) is 8.90. The Hall–Kier alpha value is -3.25. The number of hydrogen-bond donors (Lipinski definition) is 1. The van der Waals surface area contributed by atoms with Gasteiger partial charge in [-0.25, -0.2) is 9.59 Å². The Bertz CT molecular complexity index is 917. The molecule has 140 valence electrons. The van der Waals surface area contributed by atoms with Crippen molar-refractivity contribution >= 4 is 28.3 Å². The minimum atomic E-state index is -0.951. The van der Waals surface area contributed by atoms with E-state index in [0.717, 1.165) is 11.3 Å². The summed E-state index contributed by atoms with van der Waals surface area (Å²) in [5, 5.41) is 9.45. The van der Waals surface area contributed by atoms with Crippen LogP contribution in [0.25, 0.3) is 0 Å². The molecule has 2 N–H and O–H groups in total. The fourth-order valence-electron chi connectivity index (χ4n) is 2.48. The number of carbonyl (C=O) groups is 2. The van der Waals surface area contributed by atoms with Gasteiger partial charge in [-0.1, -0.05) is 12.1 Å². The number of rotatable bonds is 5. The Morgan fingerprint density at radius 3 is 2.78 bits per heavy atom. The Morgan fingerprint density at radius 1 is 1.33 bits per heavy atom. The number of nitriles is 1. The molecule has 27 heavy (non-hydrogen) atoms.